The van der Waals surface area contributed by atoms with Crippen molar-refractivity contribution in [3.05, 3.63) is 12.1 Å². The van der Waals surface area contributed by atoms with Crippen molar-refractivity contribution in [1.82, 2.24) is 25.1 Å². The lowest BCUT2D eigenvalue weighted by molar-refractivity contribution is 0.318. The molecule has 2 rings (SSSR count). The molecule has 9 heteroatoms. The third-order valence-electron chi connectivity index (χ3n) is 2.87. The first-order chi connectivity index (χ1) is 12.2. The largest absolute Gasteiger partial charge is 0.477 e. The van der Waals surface area contributed by atoms with Crippen LogP contribution in [0.3, 0.4) is 0 Å². The average molecular weight is 361 g/mol. The van der Waals surface area contributed by atoms with E-state index in [1.54, 1.807) is 12.1 Å². The van der Waals surface area contributed by atoms with Crippen LogP contribution in [0.4, 0.5) is 11.9 Å². The minimum absolute atomic E-state index is 0.136. The zero-order valence-electron chi connectivity index (χ0n) is 16.2. The summed E-state index contributed by atoms with van der Waals surface area (Å²) in [5.74, 6) is 2.02. The molecule has 142 valence electrons. The van der Waals surface area contributed by atoms with E-state index in [0.717, 1.165) is 6.54 Å². The normalized spacial score (nSPS) is 11.3. The van der Waals surface area contributed by atoms with Gasteiger partial charge in [0.05, 0.1) is 6.61 Å². The lowest BCUT2D eigenvalue weighted by Gasteiger charge is -2.21. The second kappa shape index (κ2) is 8.59. The first-order valence-electron chi connectivity index (χ1n) is 8.67. The van der Waals surface area contributed by atoms with Crippen molar-refractivity contribution in [3.63, 3.8) is 0 Å². The van der Waals surface area contributed by atoms with Crippen LogP contribution in [-0.2, 0) is 0 Å². The molecule has 2 heterocycles. The van der Waals surface area contributed by atoms with Crippen LogP contribution in [0.5, 0.6) is 17.8 Å². The van der Waals surface area contributed by atoms with E-state index >= 15 is 0 Å². The monoisotopic (exact) mass is 361 g/mol. The molecule has 9 nitrogen and oxygen atoms in total. The summed E-state index contributed by atoms with van der Waals surface area (Å²) in [6, 6.07) is 3.47. The Bertz CT molecular complexity index is 699. The Kier molecular flexibility index (Phi) is 6.48. The van der Waals surface area contributed by atoms with Gasteiger partial charge in [-0.2, -0.15) is 15.0 Å². The lowest BCUT2D eigenvalue weighted by atomic mass is 10.1. The fraction of sp³-hybridized carbons (Fsp3) is 0.588. The van der Waals surface area contributed by atoms with Gasteiger partial charge in [-0.25, -0.2) is 0 Å². The summed E-state index contributed by atoms with van der Waals surface area (Å²) in [5, 5.41) is 14.3. The van der Waals surface area contributed by atoms with Crippen LogP contribution in [0.25, 0.3) is 0 Å². The third kappa shape index (κ3) is 6.66. The van der Waals surface area contributed by atoms with Gasteiger partial charge in [-0.3, -0.25) is 0 Å². The van der Waals surface area contributed by atoms with Crippen molar-refractivity contribution in [3.8, 4) is 17.8 Å². The summed E-state index contributed by atoms with van der Waals surface area (Å²) in [5.41, 5.74) is -0.202. The second-order valence-corrected chi connectivity index (χ2v) is 7.16. The Labute approximate surface area is 154 Å². The van der Waals surface area contributed by atoms with Crippen molar-refractivity contribution in [2.75, 3.05) is 23.8 Å². The Hall–Kier alpha value is -2.71. The van der Waals surface area contributed by atoms with Gasteiger partial charge in [0.25, 0.3) is 0 Å². The topological polar surface area (TPSA) is 107 Å². The van der Waals surface area contributed by atoms with Gasteiger partial charge in [-0.1, -0.05) is 13.8 Å². The first kappa shape index (κ1) is 19.6. The van der Waals surface area contributed by atoms with Crippen LogP contribution in [-0.4, -0.2) is 43.8 Å². The van der Waals surface area contributed by atoms with Crippen molar-refractivity contribution in [1.29, 1.82) is 0 Å². The molecule has 0 amide bonds. The summed E-state index contributed by atoms with van der Waals surface area (Å²) in [6.45, 7) is 13.4. The van der Waals surface area contributed by atoms with Crippen LogP contribution in [0.1, 0.15) is 41.5 Å². The fourth-order valence-electron chi connectivity index (χ4n) is 1.85. The van der Waals surface area contributed by atoms with Crippen LogP contribution in [0.2, 0.25) is 0 Å². The van der Waals surface area contributed by atoms with Gasteiger partial charge in [-0.15, -0.1) is 10.2 Å². The van der Waals surface area contributed by atoms with Crippen LogP contribution in [0, 0.1) is 5.92 Å². The quantitative estimate of drug-likeness (QED) is 0.733. The summed E-state index contributed by atoms with van der Waals surface area (Å²) in [6.07, 6.45) is 0. The highest BCUT2D eigenvalue weighted by molar-refractivity contribution is 5.38. The zero-order chi connectivity index (χ0) is 19.2. The minimum atomic E-state index is -0.202. The highest BCUT2D eigenvalue weighted by Gasteiger charge is 2.15. The van der Waals surface area contributed by atoms with Gasteiger partial charge < -0.3 is 20.1 Å². The number of hydrogen-bond donors (Lipinski definition) is 2. The van der Waals surface area contributed by atoms with E-state index in [0.29, 0.717) is 30.3 Å². The molecule has 2 N–H and O–H groups in total. The fourth-order valence-corrected chi connectivity index (χ4v) is 1.85. The summed E-state index contributed by atoms with van der Waals surface area (Å²) >= 11 is 0. The van der Waals surface area contributed by atoms with Crippen molar-refractivity contribution < 1.29 is 9.47 Å². The summed E-state index contributed by atoms with van der Waals surface area (Å²) in [4.78, 5) is 13.0. The van der Waals surface area contributed by atoms with Crippen LogP contribution < -0.4 is 20.1 Å². The van der Waals surface area contributed by atoms with Gasteiger partial charge in [0, 0.05) is 24.2 Å². The van der Waals surface area contributed by atoms with E-state index in [2.05, 4.69) is 49.6 Å². The molecule has 0 radical (unpaired) electrons. The Morgan fingerprint density at radius 1 is 1.00 bits per heavy atom. The molecule has 0 aromatic carbocycles. The Morgan fingerprint density at radius 3 is 2.23 bits per heavy atom. The van der Waals surface area contributed by atoms with Gasteiger partial charge in [0.2, 0.25) is 23.7 Å². The SMILES string of the molecule is CCOc1ccc(Oc2nc(NCC(C)C)nc(NC(C)(C)C)n2)nn1. The maximum absolute atomic E-state index is 5.64. The summed E-state index contributed by atoms with van der Waals surface area (Å²) < 4.78 is 10.9. The number of ether oxygens (including phenoxy) is 2. The van der Waals surface area contributed by atoms with E-state index < -0.39 is 0 Å². The molecule has 0 atom stereocenters. The maximum Gasteiger partial charge on any atom is 0.330 e. The molecule has 0 fully saturated rings. The first-order valence-corrected chi connectivity index (χ1v) is 8.67. The molecule has 0 bridgehead atoms. The number of rotatable bonds is 8. The Morgan fingerprint density at radius 2 is 1.65 bits per heavy atom. The number of anilines is 2. The van der Waals surface area contributed by atoms with Crippen molar-refractivity contribution in [2.24, 2.45) is 5.92 Å². The van der Waals surface area contributed by atoms with Gasteiger partial charge in [0.15, 0.2) is 0 Å². The second-order valence-electron chi connectivity index (χ2n) is 7.16. The van der Waals surface area contributed by atoms with Gasteiger partial charge in [-0.05, 0) is 33.6 Å². The van der Waals surface area contributed by atoms with E-state index in [1.807, 2.05) is 27.7 Å². The van der Waals surface area contributed by atoms with E-state index in [-0.39, 0.29) is 17.4 Å². The van der Waals surface area contributed by atoms with Crippen molar-refractivity contribution >= 4 is 11.9 Å². The van der Waals surface area contributed by atoms with Crippen LogP contribution >= 0.6 is 0 Å². The number of hydrogen-bond acceptors (Lipinski definition) is 9. The number of aromatic nitrogens is 5. The summed E-state index contributed by atoms with van der Waals surface area (Å²) in [7, 11) is 0. The third-order valence-corrected chi connectivity index (χ3v) is 2.87. The molecule has 0 saturated carbocycles. The molecule has 2 aromatic rings. The average Bonchev–Trinajstić information content (AvgIpc) is 2.53. The van der Waals surface area contributed by atoms with Gasteiger partial charge in [0.1, 0.15) is 0 Å². The molecule has 2 aromatic heterocycles. The number of nitrogens with zero attached hydrogens (tertiary/aromatic N) is 5. The molecule has 0 aliphatic rings. The highest BCUT2D eigenvalue weighted by Crippen LogP contribution is 2.20. The van der Waals surface area contributed by atoms with E-state index in [1.165, 1.54) is 0 Å². The predicted molar refractivity (Wildman–Crippen MR) is 99.8 cm³/mol. The van der Waals surface area contributed by atoms with E-state index in [9.17, 15) is 0 Å². The molecule has 0 aliphatic heterocycles. The number of nitrogens with one attached hydrogen (secondary N) is 2. The molecule has 0 saturated heterocycles. The molecule has 26 heavy (non-hydrogen) atoms. The standard InChI is InChI=1S/C17H27N7O2/c1-7-25-12-8-9-13(24-23-12)26-16-20-14(18-10-11(2)3)19-15(21-16)22-17(4,5)6/h8-9,11H,7,10H2,1-6H3,(H2,18,19,20,21,22). The van der Waals surface area contributed by atoms with Crippen LogP contribution in [0.15, 0.2) is 12.1 Å². The Balaban J connectivity index is 2.21. The predicted octanol–water partition coefficient (Wildman–Crippen LogP) is 3.13. The highest BCUT2D eigenvalue weighted by atomic mass is 16.5. The minimum Gasteiger partial charge on any atom is -0.477 e. The lowest BCUT2D eigenvalue weighted by Crippen LogP contribution is -2.28. The molecular weight excluding hydrogens is 334 g/mol. The molecule has 0 spiro atoms. The maximum atomic E-state index is 5.64. The zero-order valence-corrected chi connectivity index (χ0v) is 16.2. The molecule has 0 unspecified atom stereocenters. The van der Waals surface area contributed by atoms with E-state index in [4.69, 9.17) is 9.47 Å². The van der Waals surface area contributed by atoms with Crippen molar-refractivity contribution in [2.45, 2.75) is 47.1 Å². The molecular formula is C17H27N7O2. The molecule has 0 aliphatic carbocycles. The van der Waals surface area contributed by atoms with Gasteiger partial charge >= 0.3 is 6.01 Å². The smallest absolute Gasteiger partial charge is 0.330 e.